The molecular formula is C28H28N6O3. The topological polar surface area (TPSA) is 113 Å². The predicted octanol–water partition coefficient (Wildman–Crippen LogP) is 2.78. The van der Waals surface area contributed by atoms with Gasteiger partial charge in [0.25, 0.3) is 11.5 Å². The lowest BCUT2D eigenvalue weighted by atomic mass is 9.79. The molecule has 1 fully saturated rings. The van der Waals surface area contributed by atoms with Crippen molar-refractivity contribution in [2.24, 2.45) is 0 Å². The van der Waals surface area contributed by atoms with E-state index >= 15 is 0 Å². The van der Waals surface area contributed by atoms with E-state index in [0.29, 0.717) is 31.9 Å². The number of fused-ring (bicyclic) bond motifs is 2. The van der Waals surface area contributed by atoms with E-state index in [1.54, 1.807) is 22.9 Å². The predicted molar refractivity (Wildman–Crippen MR) is 136 cm³/mol. The second kappa shape index (κ2) is 9.12. The fourth-order valence-electron chi connectivity index (χ4n) is 5.11. The van der Waals surface area contributed by atoms with Crippen LogP contribution in [-0.2, 0) is 36.3 Å². The number of carbonyl (C=O) groups is 1. The second-order valence-corrected chi connectivity index (χ2v) is 10.3. The fourth-order valence-corrected chi connectivity index (χ4v) is 5.11. The normalized spacial score (nSPS) is 20.5. The van der Waals surface area contributed by atoms with Crippen molar-refractivity contribution < 1.29 is 9.53 Å². The molecule has 1 amide bonds. The molecule has 1 aromatic carbocycles. The van der Waals surface area contributed by atoms with Crippen molar-refractivity contribution in [3.05, 3.63) is 86.5 Å². The summed E-state index contributed by atoms with van der Waals surface area (Å²) < 4.78 is 7.18. The lowest BCUT2D eigenvalue weighted by Gasteiger charge is -2.30. The zero-order valence-electron chi connectivity index (χ0n) is 20.7. The highest BCUT2D eigenvalue weighted by Gasteiger charge is 2.33. The molecule has 1 atom stereocenters. The highest BCUT2D eigenvalue weighted by atomic mass is 16.5. The maximum Gasteiger partial charge on any atom is 0.267 e. The number of carbonyl (C=O) groups excluding carboxylic acids is 1. The molecule has 0 unspecified atom stereocenters. The van der Waals surface area contributed by atoms with Gasteiger partial charge in [0, 0.05) is 30.9 Å². The van der Waals surface area contributed by atoms with Crippen molar-refractivity contribution in [3.8, 4) is 6.07 Å². The van der Waals surface area contributed by atoms with Gasteiger partial charge < -0.3 is 15.0 Å². The molecule has 0 spiro atoms. The van der Waals surface area contributed by atoms with Crippen molar-refractivity contribution in [2.45, 2.75) is 57.3 Å². The van der Waals surface area contributed by atoms with E-state index < -0.39 is 5.41 Å². The van der Waals surface area contributed by atoms with Crippen LogP contribution in [0.25, 0.3) is 0 Å². The van der Waals surface area contributed by atoms with Crippen LogP contribution in [0.15, 0.2) is 47.4 Å². The standard InChI is InChI=1S/C28H28N6O3/c1-28(16-29)17-37-15-20-3-2-18(11-24(20)28)27(36)31-13-22-10-21-14-33(9-8-19(21)12-30-22)25-6-7-26(35)34(32-25)23-4-5-23/h2-3,6-7,10-12,23H,4-5,8-9,13-15,17H2,1H3,(H,31,36)/t28-/m1/s1. The number of ether oxygens (including phenoxy) is 1. The molecule has 2 aromatic heterocycles. The van der Waals surface area contributed by atoms with Crippen LogP contribution in [0.5, 0.6) is 0 Å². The third kappa shape index (κ3) is 4.49. The number of aromatic nitrogens is 3. The molecule has 188 valence electrons. The van der Waals surface area contributed by atoms with Gasteiger partial charge in [-0.3, -0.25) is 14.6 Å². The Bertz CT molecular complexity index is 1490. The summed E-state index contributed by atoms with van der Waals surface area (Å²) in [4.78, 5) is 31.8. The molecular weight excluding hydrogens is 468 g/mol. The average molecular weight is 497 g/mol. The van der Waals surface area contributed by atoms with E-state index in [4.69, 9.17) is 4.74 Å². The van der Waals surface area contributed by atoms with Gasteiger partial charge in [-0.2, -0.15) is 10.4 Å². The third-order valence-corrected chi connectivity index (χ3v) is 7.47. The van der Waals surface area contributed by atoms with Gasteiger partial charge >= 0.3 is 0 Å². The van der Waals surface area contributed by atoms with Crippen LogP contribution in [0.1, 0.15) is 64.1 Å². The Balaban J connectivity index is 1.15. The van der Waals surface area contributed by atoms with Gasteiger partial charge in [-0.15, -0.1) is 0 Å². The molecule has 9 nitrogen and oxygen atoms in total. The average Bonchev–Trinajstić information content (AvgIpc) is 3.77. The maximum atomic E-state index is 13.0. The molecule has 6 rings (SSSR count). The van der Waals surface area contributed by atoms with Crippen molar-refractivity contribution in [3.63, 3.8) is 0 Å². The summed E-state index contributed by atoms with van der Waals surface area (Å²) in [6.07, 6.45) is 4.76. The zero-order valence-corrected chi connectivity index (χ0v) is 20.7. The Hall–Kier alpha value is -4.03. The zero-order chi connectivity index (χ0) is 25.6. The molecule has 2 aliphatic heterocycles. The summed E-state index contributed by atoms with van der Waals surface area (Å²) in [6, 6.07) is 13.5. The number of anilines is 1. The van der Waals surface area contributed by atoms with Crippen molar-refractivity contribution in [2.75, 3.05) is 18.1 Å². The number of hydrogen-bond donors (Lipinski definition) is 1. The van der Waals surface area contributed by atoms with Gasteiger partial charge in [0.1, 0.15) is 11.2 Å². The fraction of sp³-hybridized carbons (Fsp3) is 0.393. The van der Waals surface area contributed by atoms with Crippen LogP contribution in [0.4, 0.5) is 5.82 Å². The molecule has 9 heteroatoms. The largest absolute Gasteiger partial charge is 0.375 e. The van der Waals surface area contributed by atoms with E-state index in [1.807, 2.05) is 31.3 Å². The first-order chi connectivity index (χ1) is 17.9. The van der Waals surface area contributed by atoms with E-state index in [0.717, 1.165) is 54.0 Å². The summed E-state index contributed by atoms with van der Waals surface area (Å²) >= 11 is 0. The van der Waals surface area contributed by atoms with Crippen LogP contribution in [-0.4, -0.2) is 33.8 Å². The first kappa shape index (κ1) is 23.4. The van der Waals surface area contributed by atoms with Gasteiger partial charge in [-0.05, 0) is 72.7 Å². The third-order valence-electron chi connectivity index (χ3n) is 7.47. The minimum Gasteiger partial charge on any atom is -0.375 e. The van der Waals surface area contributed by atoms with Gasteiger partial charge in [0.15, 0.2) is 0 Å². The maximum absolute atomic E-state index is 13.0. The Morgan fingerprint density at radius 1 is 1.22 bits per heavy atom. The SMILES string of the molecule is C[C@@]1(C#N)COCc2ccc(C(=O)NCc3cc4c(cn3)CCN(c3ccc(=O)n(C5CC5)n3)C4)cc21. The minimum atomic E-state index is -0.767. The van der Waals surface area contributed by atoms with Crippen LogP contribution in [0, 0.1) is 11.3 Å². The molecule has 3 aromatic rings. The first-order valence-electron chi connectivity index (χ1n) is 12.7. The smallest absolute Gasteiger partial charge is 0.267 e. The number of nitrogens with one attached hydrogen (secondary N) is 1. The lowest BCUT2D eigenvalue weighted by molar-refractivity contribution is 0.0757. The van der Waals surface area contributed by atoms with Crippen LogP contribution < -0.4 is 15.8 Å². The molecule has 0 saturated heterocycles. The van der Waals surface area contributed by atoms with Crippen molar-refractivity contribution >= 4 is 11.7 Å². The summed E-state index contributed by atoms with van der Waals surface area (Å²) in [6.45, 7) is 4.38. The van der Waals surface area contributed by atoms with E-state index in [1.165, 1.54) is 5.56 Å². The highest BCUT2D eigenvalue weighted by Crippen LogP contribution is 2.34. The number of nitriles is 1. The van der Waals surface area contributed by atoms with Gasteiger partial charge in [0.2, 0.25) is 0 Å². The molecule has 37 heavy (non-hydrogen) atoms. The number of rotatable bonds is 5. The molecule has 0 bridgehead atoms. The van der Waals surface area contributed by atoms with Crippen LogP contribution in [0.3, 0.4) is 0 Å². The molecule has 3 aliphatic rings. The highest BCUT2D eigenvalue weighted by molar-refractivity contribution is 5.94. The number of amides is 1. The molecule has 1 aliphatic carbocycles. The van der Waals surface area contributed by atoms with Crippen LogP contribution in [0.2, 0.25) is 0 Å². The van der Waals surface area contributed by atoms with Gasteiger partial charge in [0.05, 0.1) is 37.6 Å². The van der Waals surface area contributed by atoms with Crippen molar-refractivity contribution in [1.29, 1.82) is 5.26 Å². The summed E-state index contributed by atoms with van der Waals surface area (Å²) in [5, 5.41) is 17.3. The number of nitrogens with zero attached hydrogens (tertiary/aromatic N) is 5. The van der Waals surface area contributed by atoms with Gasteiger partial charge in [-0.1, -0.05) is 6.07 Å². The van der Waals surface area contributed by atoms with Crippen molar-refractivity contribution in [1.82, 2.24) is 20.1 Å². The quantitative estimate of drug-likeness (QED) is 0.578. The van der Waals surface area contributed by atoms with E-state index in [9.17, 15) is 14.9 Å². The van der Waals surface area contributed by atoms with E-state index in [2.05, 4.69) is 26.4 Å². The Morgan fingerprint density at radius 2 is 2.08 bits per heavy atom. The second-order valence-electron chi connectivity index (χ2n) is 10.3. The van der Waals surface area contributed by atoms with E-state index in [-0.39, 0.29) is 17.5 Å². The summed E-state index contributed by atoms with van der Waals surface area (Å²) in [7, 11) is 0. The Labute approximate surface area is 214 Å². The number of pyridine rings is 1. The number of benzene rings is 1. The molecule has 4 heterocycles. The summed E-state index contributed by atoms with van der Waals surface area (Å²) in [5.41, 5.74) is 4.61. The summed E-state index contributed by atoms with van der Waals surface area (Å²) in [5.74, 6) is 0.605. The van der Waals surface area contributed by atoms with Gasteiger partial charge in [-0.25, -0.2) is 4.68 Å². The first-order valence-corrected chi connectivity index (χ1v) is 12.7. The molecule has 1 N–H and O–H groups in total. The molecule has 0 radical (unpaired) electrons. The van der Waals surface area contributed by atoms with Crippen LogP contribution >= 0.6 is 0 Å². The monoisotopic (exact) mass is 496 g/mol. The number of hydrogen-bond acceptors (Lipinski definition) is 7. The lowest BCUT2D eigenvalue weighted by Crippen LogP contribution is -2.34. The Kier molecular flexibility index (Phi) is 5.76. The molecule has 1 saturated carbocycles. The minimum absolute atomic E-state index is 0.0459. The Morgan fingerprint density at radius 3 is 2.89 bits per heavy atom.